The number of carbonyl (C=O) groups excluding carboxylic acids is 1. The summed E-state index contributed by atoms with van der Waals surface area (Å²) in [4.78, 5) is 21.6. The number of benzene rings is 2. The fourth-order valence-corrected chi connectivity index (χ4v) is 2.81. The summed E-state index contributed by atoms with van der Waals surface area (Å²) in [6, 6.07) is 9.39. The van der Waals surface area contributed by atoms with Crippen molar-refractivity contribution in [3.63, 3.8) is 0 Å². The largest absolute Gasteiger partial charge is 0.508 e. The minimum Gasteiger partial charge on any atom is -0.508 e. The molecule has 0 amide bonds. The average molecular weight is 398 g/mol. The molecule has 0 aliphatic carbocycles. The number of aromatic hydroxyl groups is 2. The zero-order valence-corrected chi connectivity index (χ0v) is 15.4. The maximum Gasteiger partial charge on any atom is 0.310 e. The summed E-state index contributed by atoms with van der Waals surface area (Å²) in [6.07, 6.45) is 3.01. The molecular weight excluding hydrogens is 380 g/mol. The van der Waals surface area contributed by atoms with Gasteiger partial charge in [0.25, 0.3) is 0 Å². The Morgan fingerprint density at radius 2 is 1.34 bits per heavy atom. The summed E-state index contributed by atoms with van der Waals surface area (Å²) in [7, 11) is 1.34. The number of carbonyl (C=O) groups is 2. The first-order valence-corrected chi connectivity index (χ1v) is 8.54. The number of esters is 1. The van der Waals surface area contributed by atoms with E-state index in [4.69, 9.17) is 19.0 Å². The molecule has 8 heteroatoms. The number of ether oxygens (including phenoxy) is 1. The Kier molecular flexibility index (Phi) is 5.73. The summed E-state index contributed by atoms with van der Waals surface area (Å²) in [6.45, 7) is 0. The zero-order chi connectivity index (χ0) is 21.0. The third kappa shape index (κ3) is 4.67. The highest BCUT2D eigenvalue weighted by Gasteiger charge is 2.11. The van der Waals surface area contributed by atoms with Crippen LogP contribution >= 0.6 is 0 Å². The van der Waals surface area contributed by atoms with Crippen LogP contribution in [0.1, 0.15) is 11.1 Å². The van der Waals surface area contributed by atoms with E-state index in [0.29, 0.717) is 16.7 Å². The van der Waals surface area contributed by atoms with Crippen molar-refractivity contribution in [3.05, 3.63) is 60.1 Å². The highest BCUT2D eigenvalue weighted by atomic mass is 16.5. The predicted molar refractivity (Wildman–Crippen MR) is 103 cm³/mol. The molecular formula is C21H18O8. The first kappa shape index (κ1) is 19.8. The molecule has 0 saturated heterocycles. The predicted octanol–water partition coefficient (Wildman–Crippen LogP) is 3.62. The van der Waals surface area contributed by atoms with Gasteiger partial charge < -0.3 is 28.9 Å². The smallest absolute Gasteiger partial charge is 0.310 e. The Morgan fingerprint density at radius 3 is 1.79 bits per heavy atom. The van der Waals surface area contributed by atoms with Crippen LogP contribution in [0.15, 0.2) is 57.8 Å². The van der Waals surface area contributed by atoms with Gasteiger partial charge in [0.2, 0.25) is 0 Å². The van der Waals surface area contributed by atoms with Gasteiger partial charge in [-0.25, -0.2) is 0 Å². The second-order valence-electron chi connectivity index (χ2n) is 6.21. The molecule has 2 heterocycles. The van der Waals surface area contributed by atoms with Crippen molar-refractivity contribution in [2.75, 3.05) is 7.11 Å². The van der Waals surface area contributed by atoms with Gasteiger partial charge in [-0.15, -0.1) is 0 Å². The first-order chi connectivity index (χ1) is 13.9. The van der Waals surface area contributed by atoms with Crippen molar-refractivity contribution in [1.29, 1.82) is 0 Å². The van der Waals surface area contributed by atoms with E-state index in [0.717, 1.165) is 16.3 Å². The van der Waals surface area contributed by atoms with Gasteiger partial charge in [0, 0.05) is 34.0 Å². The van der Waals surface area contributed by atoms with Gasteiger partial charge in [0.15, 0.2) is 0 Å². The van der Waals surface area contributed by atoms with Gasteiger partial charge in [-0.3, -0.25) is 9.59 Å². The van der Waals surface area contributed by atoms with E-state index in [1.54, 1.807) is 18.2 Å². The number of carboxylic acid groups (broad SMARTS) is 1. The molecule has 8 nitrogen and oxygen atoms in total. The van der Waals surface area contributed by atoms with E-state index in [1.807, 2.05) is 0 Å². The van der Waals surface area contributed by atoms with Gasteiger partial charge >= 0.3 is 11.9 Å². The molecule has 3 N–H and O–H groups in total. The van der Waals surface area contributed by atoms with Gasteiger partial charge in [0.1, 0.15) is 22.7 Å². The molecule has 2 aromatic heterocycles. The van der Waals surface area contributed by atoms with E-state index in [2.05, 4.69) is 4.74 Å². The zero-order valence-electron chi connectivity index (χ0n) is 15.4. The number of rotatable bonds is 4. The Morgan fingerprint density at radius 1 is 0.862 bits per heavy atom. The van der Waals surface area contributed by atoms with Gasteiger partial charge in [-0.1, -0.05) is 0 Å². The normalized spacial score (nSPS) is 10.5. The highest BCUT2D eigenvalue weighted by molar-refractivity contribution is 5.87. The summed E-state index contributed by atoms with van der Waals surface area (Å²) in [5.41, 5.74) is 2.44. The molecule has 0 aliphatic rings. The number of hydrogen-bond acceptors (Lipinski definition) is 7. The van der Waals surface area contributed by atoms with E-state index in [9.17, 15) is 14.7 Å². The molecule has 0 aliphatic heterocycles. The van der Waals surface area contributed by atoms with E-state index in [1.165, 1.54) is 37.8 Å². The summed E-state index contributed by atoms with van der Waals surface area (Å²) in [5, 5.41) is 28.5. The lowest BCUT2D eigenvalue weighted by Gasteiger charge is -1.96. The molecule has 0 fully saturated rings. The van der Waals surface area contributed by atoms with Crippen molar-refractivity contribution < 1.29 is 38.5 Å². The van der Waals surface area contributed by atoms with Gasteiger partial charge in [-0.05, 0) is 24.3 Å². The number of furan rings is 2. The molecule has 4 rings (SSSR count). The lowest BCUT2D eigenvalue weighted by molar-refractivity contribution is -0.140. The Bertz CT molecular complexity index is 1170. The van der Waals surface area contributed by atoms with Crippen molar-refractivity contribution in [2.45, 2.75) is 12.8 Å². The summed E-state index contributed by atoms with van der Waals surface area (Å²) < 4.78 is 14.9. The number of phenols is 2. The number of fused-ring (bicyclic) bond motifs is 2. The molecule has 0 unspecified atom stereocenters. The SMILES string of the molecule is COC(=O)Cc1coc2cc(O)ccc12.O=C(O)Cc1coc2cc(O)ccc12. The molecule has 0 spiro atoms. The fourth-order valence-electron chi connectivity index (χ4n) is 2.81. The van der Waals surface area contributed by atoms with Crippen molar-refractivity contribution in [2.24, 2.45) is 0 Å². The van der Waals surface area contributed by atoms with Crippen LogP contribution in [0.2, 0.25) is 0 Å². The molecule has 0 bridgehead atoms. The Hall–Kier alpha value is -3.94. The molecule has 0 atom stereocenters. The van der Waals surface area contributed by atoms with Crippen molar-refractivity contribution >= 4 is 33.9 Å². The minimum absolute atomic E-state index is 0.0717. The van der Waals surface area contributed by atoms with Gasteiger partial charge in [0.05, 0.1) is 32.5 Å². The number of carboxylic acids is 1. The topological polar surface area (TPSA) is 130 Å². The standard InChI is InChI=1S/C11H10O4.C10H8O4/c1-14-11(13)4-7-6-15-10-5-8(12)2-3-9(7)10;11-7-1-2-8-6(3-10(12)13)5-14-9(8)4-7/h2-3,5-6,12H,4H2,1H3;1-2,4-5,11H,3H2,(H,12,13). The second-order valence-corrected chi connectivity index (χ2v) is 6.21. The van der Waals surface area contributed by atoms with Crippen LogP contribution < -0.4 is 0 Å². The Balaban J connectivity index is 0.000000166. The second kappa shape index (κ2) is 8.39. The highest BCUT2D eigenvalue weighted by Crippen LogP contribution is 2.26. The maximum atomic E-state index is 11.1. The van der Waals surface area contributed by atoms with Crippen molar-refractivity contribution in [3.8, 4) is 11.5 Å². The monoisotopic (exact) mass is 398 g/mol. The molecule has 2 aromatic carbocycles. The average Bonchev–Trinajstić information content (AvgIpc) is 3.25. The lowest BCUT2D eigenvalue weighted by Crippen LogP contribution is -2.03. The molecule has 150 valence electrons. The first-order valence-electron chi connectivity index (χ1n) is 8.54. The van der Waals surface area contributed by atoms with Crippen LogP contribution in [0.25, 0.3) is 21.9 Å². The van der Waals surface area contributed by atoms with Crippen molar-refractivity contribution in [1.82, 2.24) is 0 Å². The molecule has 29 heavy (non-hydrogen) atoms. The fraction of sp³-hybridized carbons (Fsp3) is 0.143. The molecule has 0 radical (unpaired) electrons. The summed E-state index contributed by atoms with van der Waals surface area (Å²) >= 11 is 0. The van der Waals surface area contributed by atoms with Crippen LogP contribution in [0.5, 0.6) is 11.5 Å². The van der Waals surface area contributed by atoms with Crippen LogP contribution in [0, 0.1) is 0 Å². The van der Waals surface area contributed by atoms with Crippen LogP contribution in [-0.2, 0) is 27.2 Å². The van der Waals surface area contributed by atoms with E-state index >= 15 is 0 Å². The Labute approximate surface area is 164 Å². The number of methoxy groups -OCH3 is 1. The van der Waals surface area contributed by atoms with Gasteiger partial charge in [-0.2, -0.15) is 0 Å². The van der Waals surface area contributed by atoms with E-state index in [-0.39, 0.29) is 30.3 Å². The summed E-state index contributed by atoms with van der Waals surface area (Å²) in [5.74, 6) is -0.971. The number of phenolic OH excluding ortho intramolecular Hbond substituents is 2. The van der Waals surface area contributed by atoms with Crippen LogP contribution in [0.3, 0.4) is 0 Å². The number of aliphatic carboxylic acids is 1. The quantitative estimate of drug-likeness (QED) is 0.444. The minimum atomic E-state index is -0.902. The van der Waals surface area contributed by atoms with Crippen LogP contribution in [0.4, 0.5) is 0 Å². The van der Waals surface area contributed by atoms with E-state index < -0.39 is 5.97 Å². The number of hydrogen-bond donors (Lipinski definition) is 3. The third-order valence-corrected chi connectivity index (χ3v) is 4.18. The lowest BCUT2D eigenvalue weighted by atomic mass is 10.1. The molecule has 0 saturated carbocycles. The maximum absolute atomic E-state index is 11.1. The molecule has 4 aromatic rings. The van der Waals surface area contributed by atoms with Crippen LogP contribution in [-0.4, -0.2) is 34.4 Å². The third-order valence-electron chi connectivity index (χ3n) is 4.18.